The average Bonchev–Trinajstić information content (AvgIpc) is 2.46. The van der Waals surface area contributed by atoms with Gasteiger partial charge in [-0.25, -0.2) is 9.97 Å². The van der Waals surface area contributed by atoms with E-state index in [4.69, 9.17) is 4.74 Å². The predicted molar refractivity (Wildman–Crippen MR) is 85.5 cm³/mol. The van der Waals surface area contributed by atoms with E-state index in [2.05, 4.69) is 47.9 Å². The largest absolute Gasteiger partial charge is 0.379 e. The van der Waals surface area contributed by atoms with Gasteiger partial charge in [0, 0.05) is 50.2 Å². The molecule has 0 radical (unpaired) electrons. The van der Waals surface area contributed by atoms with E-state index in [1.54, 1.807) is 7.11 Å². The van der Waals surface area contributed by atoms with Gasteiger partial charge in [-0.05, 0) is 19.3 Å². The van der Waals surface area contributed by atoms with Crippen LogP contribution in [0.3, 0.4) is 0 Å². The molecule has 0 bridgehead atoms. The van der Waals surface area contributed by atoms with Crippen molar-refractivity contribution in [2.75, 3.05) is 25.1 Å². The fourth-order valence-corrected chi connectivity index (χ4v) is 2.64. The Morgan fingerprint density at radius 2 is 2.24 bits per heavy atom. The fraction of sp³-hybridized carbons (Fsp3) is 0.750. The molecule has 1 aliphatic rings. The summed E-state index contributed by atoms with van der Waals surface area (Å²) in [6, 6.07) is 0.468. The van der Waals surface area contributed by atoms with E-state index in [0.29, 0.717) is 12.0 Å². The van der Waals surface area contributed by atoms with Gasteiger partial charge >= 0.3 is 0 Å². The maximum absolute atomic E-state index is 5.57. The number of rotatable bonds is 5. The van der Waals surface area contributed by atoms with Gasteiger partial charge in [0.2, 0.25) is 5.95 Å². The molecule has 2 heterocycles. The Hall–Kier alpha value is -1.20. The number of nitrogens with zero attached hydrogens (tertiary/aromatic N) is 3. The summed E-state index contributed by atoms with van der Waals surface area (Å²) < 4.78 is 5.57. The van der Waals surface area contributed by atoms with Crippen LogP contribution in [0, 0.1) is 12.8 Å². The molecule has 1 aliphatic heterocycles. The molecule has 1 N–H and O–H groups in total. The zero-order valence-electron chi connectivity index (χ0n) is 13.9. The Morgan fingerprint density at radius 3 is 2.86 bits per heavy atom. The van der Waals surface area contributed by atoms with Crippen LogP contribution in [-0.2, 0) is 11.3 Å². The van der Waals surface area contributed by atoms with Crippen LogP contribution in [0.25, 0.3) is 0 Å². The Morgan fingerprint density at radius 1 is 1.48 bits per heavy atom. The van der Waals surface area contributed by atoms with Crippen molar-refractivity contribution in [3.05, 3.63) is 17.5 Å². The van der Waals surface area contributed by atoms with Crippen LogP contribution in [0.4, 0.5) is 5.95 Å². The van der Waals surface area contributed by atoms with Gasteiger partial charge in [-0.3, -0.25) is 0 Å². The molecule has 118 valence electrons. The number of anilines is 1. The minimum absolute atomic E-state index is 0.268. The highest BCUT2D eigenvalue weighted by Gasteiger charge is 2.27. The summed E-state index contributed by atoms with van der Waals surface area (Å²) >= 11 is 0. The third-order valence-corrected chi connectivity index (χ3v) is 4.24. The first kappa shape index (κ1) is 16.2. The Bertz CT molecular complexity index is 464. The maximum atomic E-state index is 5.57. The Kier molecular flexibility index (Phi) is 5.53. The quantitative estimate of drug-likeness (QED) is 0.901. The van der Waals surface area contributed by atoms with E-state index in [-0.39, 0.29) is 6.10 Å². The molecule has 0 aliphatic carbocycles. The molecule has 21 heavy (non-hydrogen) atoms. The summed E-state index contributed by atoms with van der Waals surface area (Å²) in [5.74, 6) is 1.43. The lowest BCUT2D eigenvalue weighted by Gasteiger charge is -2.36. The number of hydrogen-bond acceptors (Lipinski definition) is 5. The molecule has 1 saturated heterocycles. The molecule has 5 nitrogen and oxygen atoms in total. The third kappa shape index (κ3) is 4.14. The van der Waals surface area contributed by atoms with Crippen molar-refractivity contribution >= 4 is 5.95 Å². The molecule has 1 fully saturated rings. The summed E-state index contributed by atoms with van der Waals surface area (Å²) in [6.07, 6.45) is 3.34. The lowest BCUT2D eigenvalue weighted by Crippen LogP contribution is -2.44. The standard InChI is InChI=1S/C16H28N4O/c1-11(2)17-8-14-9-18-16(19-13(14)4)20-7-6-12(3)15(10-20)21-5/h9,11-12,15,17H,6-8,10H2,1-5H3. The Labute approximate surface area is 128 Å². The van der Waals surface area contributed by atoms with Crippen LogP contribution < -0.4 is 10.2 Å². The molecule has 0 saturated carbocycles. The topological polar surface area (TPSA) is 50.3 Å². The number of piperidine rings is 1. The zero-order chi connectivity index (χ0) is 15.4. The first-order valence-corrected chi connectivity index (χ1v) is 7.85. The molecule has 5 heteroatoms. The van der Waals surface area contributed by atoms with Gasteiger partial charge in [0.15, 0.2) is 0 Å². The number of ether oxygens (including phenoxy) is 1. The summed E-state index contributed by atoms with van der Waals surface area (Å²) in [4.78, 5) is 11.5. The maximum Gasteiger partial charge on any atom is 0.225 e. The van der Waals surface area contributed by atoms with Crippen LogP contribution in [0.1, 0.15) is 38.4 Å². The number of aryl methyl sites for hydroxylation is 1. The molecule has 2 unspecified atom stereocenters. The smallest absolute Gasteiger partial charge is 0.225 e. The number of nitrogens with one attached hydrogen (secondary N) is 1. The van der Waals surface area contributed by atoms with E-state index in [1.165, 1.54) is 5.56 Å². The van der Waals surface area contributed by atoms with E-state index < -0.39 is 0 Å². The number of methoxy groups -OCH3 is 1. The molecular weight excluding hydrogens is 264 g/mol. The molecule has 2 atom stereocenters. The summed E-state index contributed by atoms with van der Waals surface area (Å²) in [6.45, 7) is 11.3. The normalized spacial score (nSPS) is 22.9. The van der Waals surface area contributed by atoms with Crippen molar-refractivity contribution in [3.63, 3.8) is 0 Å². The van der Waals surface area contributed by atoms with E-state index in [0.717, 1.165) is 37.7 Å². The predicted octanol–water partition coefficient (Wildman–Crippen LogP) is 2.14. The van der Waals surface area contributed by atoms with E-state index >= 15 is 0 Å². The van der Waals surface area contributed by atoms with Crippen molar-refractivity contribution in [1.82, 2.24) is 15.3 Å². The van der Waals surface area contributed by atoms with Gasteiger partial charge in [-0.15, -0.1) is 0 Å². The first-order valence-electron chi connectivity index (χ1n) is 7.85. The van der Waals surface area contributed by atoms with Crippen LogP contribution in [0.15, 0.2) is 6.20 Å². The van der Waals surface area contributed by atoms with Crippen LogP contribution in [0.2, 0.25) is 0 Å². The Balaban J connectivity index is 2.05. The second-order valence-electron chi connectivity index (χ2n) is 6.30. The minimum Gasteiger partial charge on any atom is -0.379 e. The van der Waals surface area contributed by atoms with Crippen LogP contribution >= 0.6 is 0 Å². The number of aromatic nitrogens is 2. The third-order valence-electron chi connectivity index (χ3n) is 4.24. The summed E-state index contributed by atoms with van der Waals surface area (Å²) in [5.41, 5.74) is 2.22. The molecular formula is C16H28N4O. The lowest BCUT2D eigenvalue weighted by molar-refractivity contribution is 0.0494. The van der Waals surface area contributed by atoms with Crippen LogP contribution in [0.5, 0.6) is 0 Å². The molecule has 0 spiro atoms. The van der Waals surface area contributed by atoms with Gasteiger partial charge in [0.1, 0.15) is 0 Å². The van der Waals surface area contributed by atoms with E-state index in [9.17, 15) is 0 Å². The SMILES string of the molecule is COC1CN(c2ncc(CNC(C)C)c(C)n2)CCC1C. The summed E-state index contributed by atoms with van der Waals surface area (Å²) in [7, 11) is 1.79. The summed E-state index contributed by atoms with van der Waals surface area (Å²) in [5, 5.41) is 3.41. The second-order valence-corrected chi connectivity index (χ2v) is 6.30. The monoisotopic (exact) mass is 292 g/mol. The van der Waals surface area contributed by atoms with Crippen molar-refractivity contribution < 1.29 is 4.74 Å². The van der Waals surface area contributed by atoms with Crippen molar-refractivity contribution in [1.29, 1.82) is 0 Å². The minimum atomic E-state index is 0.268. The van der Waals surface area contributed by atoms with Crippen LogP contribution in [-0.4, -0.2) is 42.3 Å². The average molecular weight is 292 g/mol. The molecule has 1 aromatic heterocycles. The van der Waals surface area contributed by atoms with Crippen molar-refractivity contribution in [3.8, 4) is 0 Å². The zero-order valence-corrected chi connectivity index (χ0v) is 13.9. The molecule has 1 aromatic rings. The van der Waals surface area contributed by atoms with Crippen molar-refractivity contribution in [2.45, 2.75) is 52.8 Å². The van der Waals surface area contributed by atoms with Gasteiger partial charge in [-0.2, -0.15) is 0 Å². The highest BCUT2D eigenvalue weighted by Crippen LogP contribution is 2.23. The highest BCUT2D eigenvalue weighted by atomic mass is 16.5. The first-order chi connectivity index (χ1) is 10.0. The van der Waals surface area contributed by atoms with Gasteiger partial charge in [-0.1, -0.05) is 20.8 Å². The van der Waals surface area contributed by atoms with Crippen molar-refractivity contribution in [2.24, 2.45) is 5.92 Å². The van der Waals surface area contributed by atoms with Gasteiger partial charge < -0.3 is 15.0 Å². The number of hydrogen-bond donors (Lipinski definition) is 1. The highest BCUT2D eigenvalue weighted by molar-refractivity contribution is 5.34. The molecule has 2 rings (SSSR count). The molecule has 0 aromatic carbocycles. The molecule has 0 amide bonds. The second kappa shape index (κ2) is 7.18. The fourth-order valence-electron chi connectivity index (χ4n) is 2.64. The van der Waals surface area contributed by atoms with E-state index in [1.807, 2.05) is 6.20 Å². The lowest BCUT2D eigenvalue weighted by atomic mass is 9.96. The van der Waals surface area contributed by atoms with Gasteiger partial charge in [0.25, 0.3) is 0 Å². The van der Waals surface area contributed by atoms with Gasteiger partial charge in [0.05, 0.1) is 6.10 Å².